The molecule has 0 spiro atoms. The van der Waals surface area contributed by atoms with Gasteiger partial charge in [0.05, 0.1) is 5.41 Å². The molecule has 19 heavy (non-hydrogen) atoms. The van der Waals surface area contributed by atoms with Gasteiger partial charge >= 0.3 is 0 Å². The van der Waals surface area contributed by atoms with Crippen molar-refractivity contribution >= 4 is 17.7 Å². The Labute approximate surface area is 120 Å². The van der Waals surface area contributed by atoms with E-state index < -0.39 is 5.41 Å². The first kappa shape index (κ1) is 14.4. The Morgan fingerprint density at radius 2 is 2.21 bits per heavy atom. The molecular weight excluding hydrogens is 254 g/mol. The number of rotatable bonds is 2. The minimum absolute atomic E-state index is 0.197. The van der Waals surface area contributed by atoms with E-state index in [1.54, 1.807) is 11.8 Å². The zero-order valence-electron chi connectivity index (χ0n) is 12.2. The summed E-state index contributed by atoms with van der Waals surface area (Å²) in [6.45, 7) is 12.3. The van der Waals surface area contributed by atoms with E-state index in [-0.39, 0.29) is 16.7 Å². The van der Waals surface area contributed by atoms with Crippen LogP contribution in [0.25, 0.3) is 0 Å². The number of carbonyl (C=O) groups excluding carboxylic acids is 1. The standard InChI is InChI=1S/C16H23NOS/c1-6-8-16-9-11-19-13(16)12(2)7-10-17(14(16)18)15(3,4)5/h6-7,9-13H,1,8H2,2-5H3/t12-,13+,16+/m0/s1. The van der Waals surface area contributed by atoms with Crippen molar-refractivity contribution in [1.29, 1.82) is 0 Å². The summed E-state index contributed by atoms with van der Waals surface area (Å²) < 4.78 is 0. The average molecular weight is 277 g/mol. The monoisotopic (exact) mass is 277 g/mol. The normalized spacial score (nSPS) is 34.3. The summed E-state index contributed by atoms with van der Waals surface area (Å²) >= 11 is 1.78. The van der Waals surface area contributed by atoms with Gasteiger partial charge in [-0.25, -0.2) is 0 Å². The van der Waals surface area contributed by atoms with Crippen molar-refractivity contribution in [2.45, 2.75) is 44.9 Å². The number of thioether (sulfide) groups is 1. The van der Waals surface area contributed by atoms with E-state index in [0.29, 0.717) is 12.3 Å². The Morgan fingerprint density at radius 1 is 1.53 bits per heavy atom. The number of amides is 1. The largest absolute Gasteiger partial charge is 0.313 e. The molecule has 0 aromatic rings. The molecule has 0 aliphatic carbocycles. The maximum atomic E-state index is 13.1. The zero-order valence-corrected chi connectivity index (χ0v) is 13.0. The van der Waals surface area contributed by atoms with Crippen molar-refractivity contribution in [1.82, 2.24) is 4.90 Å². The van der Waals surface area contributed by atoms with Crippen LogP contribution in [-0.2, 0) is 4.79 Å². The fourth-order valence-corrected chi connectivity index (χ4v) is 4.25. The molecule has 0 radical (unpaired) electrons. The predicted molar refractivity (Wildman–Crippen MR) is 82.7 cm³/mol. The lowest BCUT2D eigenvalue weighted by Crippen LogP contribution is -2.51. The van der Waals surface area contributed by atoms with Gasteiger partial charge in [0.2, 0.25) is 5.91 Å². The van der Waals surface area contributed by atoms with Gasteiger partial charge in [0.1, 0.15) is 0 Å². The van der Waals surface area contributed by atoms with Crippen LogP contribution < -0.4 is 0 Å². The predicted octanol–water partition coefficient (Wildman–Crippen LogP) is 3.97. The molecule has 0 fully saturated rings. The Morgan fingerprint density at radius 3 is 2.79 bits per heavy atom. The third-order valence-corrected chi connectivity index (χ3v) is 5.37. The Hall–Kier alpha value is -0.960. The van der Waals surface area contributed by atoms with E-state index >= 15 is 0 Å². The Balaban J connectivity index is 2.50. The first-order valence-corrected chi connectivity index (χ1v) is 7.73. The number of nitrogens with zero attached hydrogens (tertiary/aromatic N) is 1. The topological polar surface area (TPSA) is 20.3 Å². The van der Waals surface area contributed by atoms with Crippen LogP contribution in [0, 0.1) is 11.3 Å². The summed E-state index contributed by atoms with van der Waals surface area (Å²) in [4.78, 5) is 15.0. The van der Waals surface area contributed by atoms with Gasteiger partial charge in [-0.2, -0.15) is 0 Å². The molecule has 3 atom stereocenters. The molecule has 0 unspecified atom stereocenters. The molecular formula is C16H23NOS. The average Bonchev–Trinajstić information content (AvgIpc) is 2.68. The van der Waals surface area contributed by atoms with E-state index in [2.05, 4.69) is 51.8 Å². The molecule has 3 heteroatoms. The van der Waals surface area contributed by atoms with Gasteiger partial charge in [0, 0.05) is 17.0 Å². The molecule has 0 bridgehead atoms. The summed E-state index contributed by atoms with van der Waals surface area (Å²) in [5.74, 6) is 0.572. The Bertz CT molecular complexity index is 446. The summed E-state index contributed by atoms with van der Waals surface area (Å²) in [7, 11) is 0. The maximum Gasteiger partial charge on any atom is 0.238 e. The van der Waals surface area contributed by atoms with Gasteiger partial charge < -0.3 is 4.90 Å². The van der Waals surface area contributed by atoms with E-state index in [0.717, 1.165) is 0 Å². The van der Waals surface area contributed by atoms with Crippen LogP contribution >= 0.6 is 11.8 Å². The van der Waals surface area contributed by atoms with Crippen molar-refractivity contribution in [3.63, 3.8) is 0 Å². The van der Waals surface area contributed by atoms with E-state index in [9.17, 15) is 4.79 Å². The van der Waals surface area contributed by atoms with Gasteiger partial charge in [-0.3, -0.25) is 4.79 Å². The van der Waals surface area contributed by atoms with E-state index in [1.807, 2.05) is 17.2 Å². The highest BCUT2D eigenvalue weighted by atomic mass is 32.2. The number of carbonyl (C=O) groups is 1. The van der Waals surface area contributed by atoms with Gasteiger partial charge in [0.15, 0.2) is 0 Å². The van der Waals surface area contributed by atoms with Gasteiger partial charge in [-0.15, -0.1) is 18.3 Å². The zero-order chi connectivity index (χ0) is 14.3. The number of fused-ring (bicyclic) bond motifs is 1. The second-order valence-corrected chi connectivity index (χ2v) is 7.49. The molecule has 2 nitrogen and oxygen atoms in total. The van der Waals surface area contributed by atoms with Crippen LogP contribution in [0.3, 0.4) is 0 Å². The number of hydrogen-bond acceptors (Lipinski definition) is 2. The van der Waals surface area contributed by atoms with Crippen LogP contribution in [-0.4, -0.2) is 21.6 Å². The molecule has 0 aromatic heterocycles. The lowest BCUT2D eigenvalue weighted by atomic mass is 9.75. The van der Waals surface area contributed by atoms with Gasteiger partial charge in [-0.1, -0.05) is 25.2 Å². The van der Waals surface area contributed by atoms with E-state index in [4.69, 9.17) is 0 Å². The summed E-state index contributed by atoms with van der Waals surface area (Å²) in [6, 6.07) is 0. The number of allylic oxidation sites excluding steroid dienone is 2. The van der Waals surface area contributed by atoms with E-state index in [1.165, 1.54) is 0 Å². The minimum Gasteiger partial charge on any atom is -0.313 e. The molecule has 0 N–H and O–H groups in total. The summed E-state index contributed by atoms with van der Waals surface area (Å²) in [5, 5.41) is 2.37. The third kappa shape index (κ3) is 2.29. The Kier molecular flexibility index (Phi) is 3.69. The molecule has 0 aromatic carbocycles. The molecule has 2 aliphatic heterocycles. The summed E-state index contributed by atoms with van der Waals surface area (Å²) in [6.07, 6.45) is 8.82. The smallest absolute Gasteiger partial charge is 0.238 e. The van der Waals surface area contributed by atoms with Crippen LogP contribution in [0.15, 0.2) is 36.4 Å². The molecule has 2 heterocycles. The second-order valence-electron chi connectivity index (χ2n) is 6.44. The molecule has 2 rings (SSSR count). The fraction of sp³-hybridized carbons (Fsp3) is 0.562. The first-order chi connectivity index (χ1) is 8.83. The first-order valence-electron chi connectivity index (χ1n) is 6.79. The highest BCUT2D eigenvalue weighted by molar-refractivity contribution is 8.03. The van der Waals surface area contributed by atoms with Gasteiger partial charge in [0.25, 0.3) is 0 Å². The third-order valence-electron chi connectivity index (χ3n) is 3.94. The van der Waals surface area contributed by atoms with Crippen molar-refractivity contribution in [3.05, 3.63) is 36.4 Å². The molecule has 2 aliphatic rings. The quantitative estimate of drug-likeness (QED) is 0.712. The minimum atomic E-state index is -0.428. The van der Waals surface area contributed by atoms with Crippen molar-refractivity contribution in [3.8, 4) is 0 Å². The highest BCUT2D eigenvalue weighted by Crippen LogP contribution is 2.50. The molecule has 0 saturated carbocycles. The van der Waals surface area contributed by atoms with Crippen LogP contribution in [0.4, 0.5) is 0 Å². The van der Waals surface area contributed by atoms with Crippen molar-refractivity contribution in [2.24, 2.45) is 11.3 Å². The number of hydrogen-bond donors (Lipinski definition) is 0. The SMILES string of the molecule is C=CC[C@@]12C=CS[C@@H]1[C@@H](C)C=CN(C(C)(C)C)C2=O. The second kappa shape index (κ2) is 4.86. The van der Waals surface area contributed by atoms with Gasteiger partial charge in [-0.05, 0) is 38.5 Å². The highest BCUT2D eigenvalue weighted by Gasteiger charge is 2.51. The van der Waals surface area contributed by atoms with Crippen molar-refractivity contribution < 1.29 is 4.79 Å². The summed E-state index contributed by atoms with van der Waals surface area (Å²) in [5.41, 5.74) is -0.625. The maximum absolute atomic E-state index is 13.1. The lowest BCUT2D eigenvalue weighted by molar-refractivity contribution is -0.140. The molecule has 1 amide bonds. The lowest BCUT2D eigenvalue weighted by Gasteiger charge is -2.40. The van der Waals surface area contributed by atoms with Crippen LogP contribution in [0.1, 0.15) is 34.1 Å². The molecule has 0 saturated heterocycles. The fourth-order valence-electron chi connectivity index (χ4n) is 2.90. The molecule has 104 valence electrons. The van der Waals surface area contributed by atoms with Crippen LogP contribution in [0.5, 0.6) is 0 Å². The van der Waals surface area contributed by atoms with Crippen molar-refractivity contribution in [2.75, 3.05) is 0 Å². The van der Waals surface area contributed by atoms with Crippen LogP contribution in [0.2, 0.25) is 0 Å².